The van der Waals surface area contributed by atoms with Gasteiger partial charge in [-0.2, -0.15) is 0 Å². The van der Waals surface area contributed by atoms with Gasteiger partial charge in [0.2, 0.25) is 0 Å². The van der Waals surface area contributed by atoms with Gasteiger partial charge in [-0.25, -0.2) is 4.39 Å². The zero-order valence-electron chi connectivity index (χ0n) is 9.70. The van der Waals surface area contributed by atoms with E-state index in [4.69, 9.17) is 10.5 Å². The zero-order chi connectivity index (χ0) is 11.3. The molecule has 1 atom stereocenters. The molecule has 0 amide bonds. The van der Waals surface area contributed by atoms with Crippen molar-refractivity contribution in [1.29, 1.82) is 0 Å². The van der Waals surface area contributed by atoms with Crippen molar-refractivity contribution in [3.8, 4) is 5.75 Å². The van der Waals surface area contributed by atoms with Crippen molar-refractivity contribution in [2.75, 3.05) is 7.11 Å². The van der Waals surface area contributed by atoms with Crippen LogP contribution in [-0.2, 0) is 0 Å². The Balaban J connectivity index is 0.00000225. The van der Waals surface area contributed by atoms with Gasteiger partial charge in [0.15, 0.2) is 11.6 Å². The van der Waals surface area contributed by atoms with Crippen LogP contribution in [0.3, 0.4) is 0 Å². The largest absolute Gasteiger partial charge is 0.494 e. The number of methoxy groups -OCH3 is 1. The topological polar surface area (TPSA) is 35.2 Å². The number of hydrogen-bond acceptors (Lipinski definition) is 2. The first-order valence-electron chi connectivity index (χ1n) is 5.28. The fraction of sp³-hybridized carbons (Fsp3) is 0.500. The number of benzene rings is 1. The Morgan fingerprint density at radius 3 is 2.69 bits per heavy atom. The molecule has 0 radical (unpaired) electrons. The smallest absolute Gasteiger partial charge is 0.165 e. The first kappa shape index (κ1) is 15.2. The van der Waals surface area contributed by atoms with Gasteiger partial charge in [0, 0.05) is 6.04 Å². The van der Waals surface area contributed by atoms with Gasteiger partial charge in [0.25, 0.3) is 0 Å². The van der Waals surface area contributed by atoms with E-state index in [-0.39, 0.29) is 30.0 Å². The zero-order valence-corrected chi connectivity index (χ0v) is 10.5. The third-order valence-electron chi connectivity index (χ3n) is 2.47. The maximum atomic E-state index is 13.1. The molecular weight excluding hydrogens is 229 g/mol. The van der Waals surface area contributed by atoms with Crippen LogP contribution in [0.1, 0.15) is 37.8 Å². The lowest BCUT2D eigenvalue weighted by molar-refractivity contribution is 0.385. The number of ether oxygens (including phenoxy) is 1. The lowest BCUT2D eigenvalue weighted by Gasteiger charge is -2.12. The molecule has 0 saturated heterocycles. The number of hydrogen-bond donors (Lipinski definition) is 1. The quantitative estimate of drug-likeness (QED) is 0.865. The summed E-state index contributed by atoms with van der Waals surface area (Å²) in [6.45, 7) is 2.12. The number of halogens is 2. The summed E-state index contributed by atoms with van der Waals surface area (Å²) in [6.07, 6.45) is 3.12. The average molecular weight is 248 g/mol. The van der Waals surface area contributed by atoms with Gasteiger partial charge in [0.05, 0.1) is 7.11 Å². The molecule has 0 unspecified atom stereocenters. The Morgan fingerprint density at radius 2 is 2.12 bits per heavy atom. The highest BCUT2D eigenvalue weighted by atomic mass is 35.5. The van der Waals surface area contributed by atoms with Crippen LogP contribution in [0, 0.1) is 5.82 Å². The summed E-state index contributed by atoms with van der Waals surface area (Å²) >= 11 is 0. The highest BCUT2D eigenvalue weighted by Crippen LogP contribution is 2.23. The SMILES string of the molecule is CCCC[C@H](N)c1ccc(F)c(OC)c1.Cl. The van der Waals surface area contributed by atoms with Crippen molar-refractivity contribution in [1.82, 2.24) is 0 Å². The van der Waals surface area contributed by atoms with Gasteiger partial charge in [-0.3, -0.25) is 0 Å². The average Bonchev–Trinajstić information content (AvgIpc) is 2.26. The molecule has 1 rings (SSSR count). The predicted molar refractivity (Wildman–Crippen MR) is 66.7 cm³/mol. The normalized spacial score (nSPS) is 11.8. The highest BCUT2D eigenvalue weighted by molar-refractivity contribution is 5.85. The number of rotatable bonds is 5. The molecule has 0 aliphatic rings. The van der Waals surface area contributed by atoms with E-state index in [1.165, 1.54) is 13.2 Å². The van der Waals surface area contributed by atoms with Crippen molar-refractivity contribution in [2.45, 2.75) is 32.2 Å². The van der Waals surface area contributed by atoms with Crippen molar-refractivity contribution < 1.29 is 9.13 Å². The van der Waals surface area contributed by atoms with Gasteiger partial charge < -0.3 is 10.5 Å². The number of nitrogens with two attached hydrogens (primary N) is 1. The molecule has 0 aromatic heterocycles. The van der Waals surface area contributed by atoms with Crippen LogP contribution in [0.5, 0.6) is 5.75 Å². The number of unbranched alkanes of at least 4 members (excludes halogenated alkanes) is 1. The molecule has 1 aromatic rings. The first-order valence-corrected chi connectivity index (χ1v) is 5.28. The second-order valence-corrected chi connectivity index (χ2v) is 3.64. The second kappa shape index (κ2) is 7.47. The van der Waals surface area contributed by atoms with E-state index < -0.39 is 0 Å². The van der Waals surface area contributed by atoms with Gasteiger partial charge in [0.1, 0.15) is 0 Å². The highest BCUT2D eigenvalue weighted by Gasteiger charge is 2.09. The van der Waals surface area contributed by atoms with Crippen LogP contribution in [0.15, 0.2) is 18.2 Å². The van der Waals surface area contributed by atoms with Gasteiger partial charge >= 0.3 is 0 Å². The van der Waals surface area contributed by atoms with E-state index in [1.807, 2.05) is 0 Å². The van der Waals surface area contributed by atoms with Gasteiger partial charge in [-0.1, -0.05) is 25.8 Å². The third kappa shape index (κ3) is 3.99. The van der Waals surface area contributed by atoms with Crippen LogP contribution in [0.4, 0.5) is 4.39 Å². The molecular formula is C12H19ClFNO. The Hall–Kier alpha value is -0.800. The summed E-state index contributed by atoms with van der Waals surface area (Å²) in [6, 6.07) is 4.77. The summed E-state index contributed by atoms with van der Waals surface area (Å²) in [7, 11) is 1.46. The van der Waals surface area contributed by atoms with Crippen molar-refractivity contribution in [2.24, 2.45) is 5.73 Å². The molecule has 0 spiro atoms. The van der Waals surface area contributed by atoms with Crippen LogP contribution in [0.2, 0.25) is 0 Å². The summed E-state index contributed by atoms with van der Waals surface area (Å²) in [5.41, 5.74) is 6.91. The lowest BCUT2D eigenvalue weighted by atomic mass is 10.0. The Bertz CT molecular complexity index is 320. The first-order chi connectivity index (χ1) is 7.19. The summed E-state index contributed by atoms with van der Waals surface area (Å²) in [5, 5.41) is 0. The predicted octanol–water partition coefficient (Wildman–Crippen LogP) is 3.45. The Kier molecular flexibility index (Phi) is 7.10. The maximum Gasteiger partial charge on any atom is 0.165 e. The van der Waals surface area contributed by atoms with Crippen molar-refractivity contribution >= 4 is 12.4 Å². The van der Waals surface area contributed by atoms with E-state index in [1.54, 1.807) is 12.1 Å². The molecule has 4 heteroatoms. The molecule has 0 aliphatic carbocycles. The Morgan fingerprint density at radius 1 is 1.44 bits per heavy atom. The molecule has 0 aliphatic heterocycles. The second-order valence-electron chi connectivity index (χ2n) is 3.64. The lowest BCUT2D eigenvalue weighted by Crippen LogP contribution is -2.10. The standard InChI is InChI=1S/C12H18FNO.ClH/c1-3-4-5-11(14)9-6-7-10(13)12(8-9)15-2;/h6-8,11H,3-5,14H2,1-2H3;1H/t11-;/m0./s1. The molecule has 0 saturated carbocycles. The van der Waals surface area contributed by atoms with E-state index in [9.17, 15) is 4.39 Å². The van der Waals surface area contributed by atoms with Crippen LogP contribution >= 0.6 is 12.4 Å². The molecule has 92 valence electrons. The Labute approximate surface area is 102 Å². The summed E-state index contributed by atoms with van der Waals surface area (Å²) in [4.78, 5) is 0. The van der Waals surface area contributed by atoms with Crippen LogP contribution < -0.4 is 10.5 Å². The van der Waals surface area contributed by atoms with Crippen molar-refractivity contribution in [3.63, 3.8) is 0 Å². The molecule has 16 heavy (non-hydrogen) atoms. The van der Waals surface area contributed by atoms with E-state index in [0.717, 1.165) is 24.8 Å². The summed E-state index contributed by atoms with van der Waals surface area (Å²) in [5.74, 6) is -0.0802. The third-order valence-corrected chi connectivity index (χ3v) is 2.47. The molecule has 1 aromatic carbocycles. The van der Waals surface area contributed by atoms with E-state index in [0.29, 0.717) is 0 Å². The van der Waals surface area contributed by atoms with Crippen LogP contribution in [-0.4, -0.2) is 7.11 Å². The fourth-order valence-electron chi connectivity index (χ4n) is 1.50. The minimum Gasteiger partial charge on any atom is -0.494 e. The maximum absolute atomic E-state index is 13.1. The monoisotopic (exact) mass is 247 g/mol. The fourth-order valence-corrected chi connectivity index (χ4v) is 1.50. The van der Waals surface area contributed by atoms with Gasteiger partial charge in [-0.05, 0) is 24.1 Å². The van der Waals surface area contributed by atoms with Crippen molar-refractivity contribution in [3.05, 3.63) is 29.6 Å². The molecule has 2 nitrogen and oxygen atoms in total. The van der Waals surface area contributed by atoms with E-state index >= 15 is 0 Å². The molecule has 0 fully saturated rings. The van der Waals surface area contributed by atoms with Crippen LogP contribution in [0.25, 0.3) is 0 Å². The summed E-state index contributed by atoms with van der Waals surface area (Å²) < 4.78 is 18.0. The minimum absolute atomic E-state index is 0. The van der Waals surface area contributed by atoms with E-state index in [2.05, 4.69) is 6.92 Å². The van der Waals surface area contributed by atoms with Gasteiger partial charge in [-0.15, -0.1) is 12.4 Å². The molecule has 0 heterocycles. The molecule has 2 N–H and O–H groups in total. The minimum atomic E-state index is -0.344. The molecule has 0 bridgehead atoms.